The highest BCUT2D eigenvalue weighted by atomic mass is 19.1. The summed E-state index contributed by atoms with van der Waals surface area (Å²) in [4.78, 5) is 24.6. The lowest BCUT2D eigenvalue weighted by molar-refractivity contribution is -0.120. The van der Waals surface area contributed by atoms with Crippen molar-refractivity contribution in [1.82, 2.24) is 0 Å². The van der Waals surface area contributed by atoms with Crippen LogP contribution >= 0.6 is 0 Å². The number of aliphatic hydroxyl groups is 1. The fourth-order valence-electron chi connectivity index (χ4n) is 2.39. The van der Waals surface area contributed by atoms with Gasteiger partial charge in [-0.05, 0) is 30.2 Å². The van der Waals surface area contributed by atoms with Gasteiger partial charge in [-0.1, -0.05) is 6.92 Å². The Labute approximate surface area is 104 Å². The van der Waals surface area contributed by atoms with Gasteiger partial charge in [0.15, 0.2) is 0 Å². The van der Waals surface area contributed by atoms with Gasteiger partial charge in [-0.2, -0.15) is 0 Å². The zero-order valence-electron chi connectivity index (χ0n) is 9.97. The van der Waals surface area contributed by atoms with E-state index in [4.69, 9.17) is 0 Å². The number of carbonyl (C=O) groups is 2. The fourth-order valence-corrected chi connectivity index (χ4v) is 2.39. The van der Waals surface area contributed by atoms with Crippen molar-refractivity contribution in [2.75, 3.05) is 11.5 Å². The predicted molar refractivity (Wildman–Crippen MR) is 63.5 cm³/mol. The van der Waals surface area contributed by atoms with Crippen LogP contribution in [0.3, 0.4) is 0 Å². The number of rotatable bonds is 3. The molecule has 1 fully saturated rings. The molecule has 0 aliphatic carbocycles. The van der Waals surface area contributed by atoms with Crippen LogP contribution in [0.15, 0.2) is 24.3 Å². The summed E-state index contributed by atoms with van der Waals surface area (Å²) in [5.41, 5.74) is -0.818. The number of amides is 1. The molecular formula is C13H14FNO3. The van der Waals surface area contributed by atoms with E-state index in [2.05, 4.69) is 0 Å². The third kappa shape index (κ3) is 1.71. The second kappa shape index (κ2) is 4.49. The Morgan fingerprint density at radius 2 is 2.11 bits per heavy atom. The molecule has 0 saturated carbocycles. The van der Waals surface area contributed by atoms with Crippen molar-refractivity contribution in [3.63, 3.8) is 0 Å². The molecule has 1 aromatic rings. The molecule has 5 heteroatoms. The smallest absolute Gasteiger partial charge is 0.228 e. The molecule has 1 aliphatic heterocycles. The monoisotopic (exact) mass is 251 g/mol. The standard InChI is InChI=1S/C13H14FNO3/c1-9-6-12(18)15(13(9,7-16)8-17)11-4-2-10(14)3-5-11/h2-5,7,9,17H,6,8H2,1H3. The van der Waals surface area contributed by atoms with Crippen molar-refractivity contribution in [2.45, 2.75) is 18.9 Å². The summed E-state index contributed by atoms with van der Waals surface area (Å²) in [5, 5.41) is 9.49. The maximum absolute atomic E-state index is 12.9. The minimum absolute atomic E-state index is 0.191. The quantitative estimate of drug-likeness (QED) is 0.819. The highest BCUT2D eigenvalue weighted by molar-refractivity contribution is 6.03. The Hall–Kier alpha value is -1.75. The van der Waals surface area contributed by atoms with E-state index in [1.165, 1.54) is 29.2 Å². The molecule has 0 spiro atoms. The van der Waals surface area contributed by atoms with Crippen molar-refractivity contribution in [2.24, 2.45) is 5.92 Å². The van der Waals surface area contributed by atoms with E-state index in [0.29, 0.717) is 12.0 Å². The predicted octanol–water partition coefficient (Wildman–Crippen LogP) is 1.13. The van der Waals surface area contributed by atoms with Crippen LogP contribution in [-0.2, 0) is 9.59 Å². The summed E-state index contributed by atoms with van der Waals surface area (Å²) in [6, 6.07) is 5.30. The van der Waals surface area contributed by atoms with Crippen molar-refractivity contribution in [3.8, 4) is 0 Å². The van der Waals surface area contributed by atoms with Crippen LogP contribution in [-0.4, -0.2) is 29.4 Å². The topological polar surface area (TPSA) is 57.6 Å². The molecule has 4 nitrogen and oxygen atoms in total. The first-order valence-electron chi connectivity index (χ1n) is 5.71. The molecule has 1 aliphatic rings. The molecule has 1 aromatic carbocycles. The maximum Gasteiger partial charge on any atom is 0.228 e. The number of carbonyl (C=O) groups excluding carboxylic acids is 2. The summed E-state index contributed by atoms with van der Waals surface area (Å²) in [6.07, 6.45) is 0.794. The van der Waals surface area contributed by atoms with Gasteiger partial charge in [0.2, 0.25) is 5.91 Å². The Kier molecular flexibility index (Phi) is 3.17. The first-order chi connectivity index (χ1) is 8.55. The minimum Gasteiger partial charge on any atom is -0.393 e. The Morgan fingerprint density at radius 1 is 1.50 bits per heavy atom. The second-order valence-electron chi connectivity index (χ2n) is 4.58. The van der Waals surface area contributed by atoms with Crippen LogP contribution < -0.4 is 4.90 Å². The largest absolute Gasteiger partial charge is 0.393 e. The van der Waals surface area contributed by atoms with Gasteiger partial charge < -0.3 is 9.90 Å². The zero-order chi connectivity index (χ0) is 13.3. The SMILES string of the molecule is CC1CC(=O)N(c2ccc(F)cc2)C1(C=O)CO. The number of aliphatic hydroxyl groups excluding tert-OH is 1. The van der Waals surface area contributed by atoms with Gasteiger partial charge in [0.1, 0.15) is 17.6 Å². The fraction of sp³-hybridized carbons (Fsp3) is 0.385. The third-order valence-electron chi connectivity index (χ3n) is 3.54. The highest BCUT2D eigenvalue weighted by Crippen LogP contribution is 2.37. The molecule has 2 atom stereocenters. The molecular weight excluding hydrogens is 237 g/mol. The van der Waals surface area contributed by atoms with E-state index >= 15 is 0 Å². The third-order valence-corrected chi connectivity index (χ3v) is 3.54. The highest BCUT2D eigenvalue weighted by Gasteiger charge is 2.51. The van der Waals surface area contributed by atoms with E-state index < -0.39 is 18.0 Å². The number of benzene rings is 1. The van der Waals surface area contributed by atoms with Crippen molar-refractivity contribution in [1.29, 1.82) is 0 Å². The summed E-state index contributed by atoms with van der Waals surface area (Å²) >= 11 is 0. The van der Waals surface area contributed by atoms with Crippen LogP contribution in [0.1, 0.15) is 13.3 Å². The Bertz CT molecular complexity index is 474. The Morgan fingerprint density at radius 3 is 2.61 bits per heavy atom. The van der Waals surface area contributed by atoms with Crippen LogP contribution in [0.4, 0.5) is 10.1 Å². The van der Waals surface area contributed by atoms with Crippen molar-refractivity contribution >= 4 is 17.9 Å². The number of halogens is 1. The van der Waals surface area contributed by atoms with Gasteiger partial charge in [-0.15, -0.1) is 0 Å². The van der Waals surface area contributed by atoms with Gasteiger partial charge in [-0.25, -0.2) is 4.39 Å². The molecule has 2 rings (SSSR count). The average Bonchev–Trinajstić information content (AvgIpc) is 2.62. The average molecular weight is 251 g/mol. The van der Waals surface area contributed by atoms with Gasteiger partial charge in [-0.3, -0.25) is 9.69 Å². The van der Waals surface area contributed by atoms with Crippen LogP contribution in [0.2, 0.25) is 0 Å². The maximum atomic E-state index is 12.9. The lowest BCUT2D eigenvalue weighted by Gasteiger charge is -2.34. The van der Waals surface area contributed by atoms with Crippen LogP contribution in [0, 0.1) is 11.7 Å². The normalized spacial score (nSPS) is 27.6. The molecule has 2 unspecified atom stereocenters. The van der Waals surface area contributed by atoms with E-state index in [0.717, 1.165) is 0 Å². The van der Waals surface area contributed by atoms with E-state index in [1.54, 1.807) is 6.92 Å². The second-order valence-corrected chi connectivity index (χ2v) is 4.58. The summed E-state index contributed by atoms with van der Waals surface area (Å²) < 4.78 is 12.9. The molecule has 1 heterocycles. The summed E-state index contributed by atoms with van der Waals surface area (Å²) in [5.74, 6) is -0.938. The van der Waals surface area contributed by atoms with Gasteiger partial charge >= 0.3 is 0 Å². The molecule has 0 aromatic heterocycles. The van der Waals surface area contributed by atoms with E-state index in [9.17, 15) is 19.1 Å². The molecule has 1 saturated heterocycles. The molecule has 18 heavy (non-hydrogen) atoms. The minimum atomic E-state index is -1.24. The lowest BCUT2D eigenvalue weighted by Crippen LogP contribution is -2.53. The summed E-state index contributed by atoms with van der Waals surface area (Å²) in [6.45, 7) is 1.30. The number of hydrogen-bond donors (Lipinski definition) is 1. The lowest BCUT2D eigenvalue weighted by atomic mass is 9.88. The molecule has 1 N–H and O–H groups in total. The van der Waals surface area contributed by atoms with Crippen LogP contribution in [0.25, 0.3) is 0 Å². The molecule has 0 radical (unpaired) electrons. The molecule has 0 bridgehead atoms. The number of hydrogen-bond acceptors (Lipinski definition) is 3. The van der Waals surface area contributed by atoms with Gasteiger partial charge in [0.05, 0.1) is 6.61 Å². The molecule has 1 amide bonds. The zero-order valence-corrected chi connectivity index (χ0v) is 9.97. The van der Waals surface area contributed by atoms with E-state index in [-0.39, 0.29) is 18.2 Å². The number of nitrogens with zero attached hydrogens (tertiary/aromatic N) is 1. The Balaban J connectivity index is 2.49. The first kappa shape index (κ1) is 12.7. The first-order valence-corrected chi connectivity index (χ1v) is 5.71. The van der Waals surface area contributed by atoms with Crippen molar-refractivity contribution < 1.29 is 19.1 Å². The van der Waals surface area contributed by atoms with Crippen LogP contribution in [0.5, 0.6) is 0 Å². The molecule has 96 valence electrons. The van der Waals surface area contributed by atoms with Gasteiger partial charge in [0, 0.05) is 12.1 Å². The van der Waals surface area contributed by atoms with E-state index in [1.807, 2.05) is 0 Å². The number of aldehydes is 1. The van der Waals surface area contributed by atoms with Crippen molar-refractivity contribution in [3.05, 3.63) is 30.1 Å². The summed E-state index contributed by atoms with van der Waals surface area (Å²) in [7, 11) is 0. The number of anilines is 1. The van der Waals surface area contributed by atoms with Gasteiger partial charge in [0.25, 0.3) is 0 Å².